The maximum absolute atomic E-state index is 12.6. The fraction of sp³-hybridized carbons (Fsp3) is 0.419. The average Bonchev–Trinajstić information content (AvgIpc) is 3.57. The van der Waals surface area contributed by atoms with Crippen LogP contribution in [-0.2, 0) is 26.1 Å². The number of aliphatic hydroxyl groups is 2. The van der Waals surface area contributed by atoms with E-state index in [1.165, 1.54) is 10.9 Å². The summed E-state index contributed by atoms with van der Waals surface area (Å²) in [4.78, 5) is 26.2. The van der Waals surface area contributed by atoms with Gasteiger partial charge in [-0.1, -0.05) is 74.5 Å². The monoisotopic (exact) mass is 637 g/mol. The summed E-state index contributed by atoms with van der Waals surface area (Å²) in [6.45, 7) is 5.92. The fourth-order valence-electron chi connectivity index (χ4n) is 5.40. The first-order valence-electron chi connectivity index (χ1n) is 14.9. The summed E-state index contributed by atoms with van der Waals surface area (Å²) in [6.07, 6.45) is -4.05. The summed E-state index contributed by atoms with van der Waals surface area (Å²) < 4.78 is 35.1. The molecule has 13 nitrogen and oxygen atoms in total. The number of nitrogens with one attached hydrogen (secondary N) is 3. The van der Waals surface area contributed by atoms with Crippen LogP contribution in [0.4, 0.5) is 5.82 Å². The van der Waals surface area contributed by atoms with Crippen molar-refractivity contribution in [2.24, 2.45) is 5.92 Å². The number of aliphatic hydroxyl groups excluding tert-OH is 2. The minimum Gasteiger partial charge on any atom is -0.387 e. The lowest BCUT2D eigenvalue weighted by atomic mass is 9.91. The SMILES string of the molecule is CCNC(=O)[C@@H]1O[C@@H](n2cnc3c(NCC(c4ccccc4)c4ccccc4)nc(CNS(=O)(=O)CC(C)C)nc32)[C@H](O)[C@H]1O. The normalized spacial score (nSPS) is 20.2. The van der Waals surface area contributed by atoms with E-state index >= 15 is 0 Å². The second-order valence-corrected chi connectivity index (χ2v) is 13.2. The molecule has 0 unspecified atom stereocenters. The minimum atomic E-state index is -3.61. The third-order valence-electron chi connectivity index (χ3n) is 7.47. The molecule has 1 fully saturated rings. The van der Waals surface area contributed by atoms with Gasteiger partial charge < -0.3 is 25.6 Å². The topological polar surface area (TPSA) is 181 Å². The van der Waals surface area contributed by atoms with Crippen molar-refractivity contribution in [3.63, 3.8) is 0 Å². The van der Waals surface area contributed by atoms with E-state index < -0.39 is 40.5 Å². The number of imidazole rings is 1. The van der Waals surface area contributed by atoms with Gasteiger partial charge in [0, 0.05) is 19.0 Å². The summed E-state index contributed by atoms with van der Waals surface area (Å²) in [7, 11) is -3.61. The maximum atomic E-state index is 12.6. The highest BCUT2D eigenvalue weighted by Gasteiger charge is 2.47. The van der Waals surface area contributed by atoms with Gasteiger partial charge in [-0.2, -0.15) is 0 Å². The van der Waals surface area contributed by atoms with Crippen molar-refractivity contribution in [3.05, 3.63) is 83.9 Å². The standard InChI is InChI=1S/C31H39N7O6S/c1-4-32-30(41)27-25(39)26(40)31(44-27)38-18-34-24-28(36-23(37-29(24)38)16-35-45(42,43)17-19(2)3)33-15-22(20-11-7-5-8-12-20)21-13-9-6-10-14-21/h5-14,18-19,22,25-27,31,35,39-40H,4,15-17H2,1-3H3,(H,32,41)(H,33,36,37)/t25-,26-,27-,31-/m1/s1. The number of rotatable bonds is 13. The van der Waals surface area contributed by atoms with Crippen molar-refractivity contribution in [1.82, 2.24) is 29.6 Å². The molecule has 0 bridgehead atoms. The Morgan fingerprint density at radius 3 is 2.24 bits per heavy atom. The van der Waals surface area contributed by atoms with Gasteiger partial charge in [-0.3, -0.25) is 9.36 Å². The number of amides is 1. The number of ether oxygens (including phenoxy) is 1. The quantitative estimate of drug-likeness (QED) is 0.145. The van der Waals surface area contributed by atoms with Crippen LogP contribution in [0.2, 0.25) is 0 Å². The van der Waals surface area contributed by atoms with E-state index in [0.717, 1.165) is 11.1 Å². The van der Waals surface area contributed by atoms with Gasteiger partial charge in [0.25, 0.3) is 5.91 Å². The smallest absolute Gasteiger partial charge is 0.252 e. The first-order chi connectivity index (χ1) is 21.6. The first kappa shape index (κ1) is 32.4. The van der Waals surface area contributed by atoms with Gasteiger partial charge in [-0.25, -0.2) is 28.1 Å². The van der Waals surface area contributed by atoms with Crippen molar-refractivity contribution in [2.75, 3.05) is 24.2 Å². The molecule has 1 aliphatic heterocycles. The number of carbonyl (C=O) groups excluding carboxylic acids is 1. The zero-order chi connectivity index (χ0) is 32.1. The van der Waals surface area contributed by atoms with Crippen LogP contribution in [0.1, 0.15) is 49.9 Å². The van der Waals surface area contributed by atoms with Gasteiger partial charge in [-0.05, 0) is 24.0 Å². The lowest BCUT2D eigenvalue weighted by Gasteiger charge is -2.20. The van der Waals surface area contributed by atoms with Crippen LogP contribution >= 0.6 is 0 Å². The molecule has 3 heterocycles. The summed E-state index contributed by atoms with van der Waals surface area (Å²) >= 11 is 0. The molecule has 1 saturated heterocycles. The molecule has 1 aliphatic rings. The molecule has 0 spiro atoms. The van der Waals surface area contributed by atoms with Crippen molar-refractivity contribution in [1.29, 1.82) is 0 Å². The number of anilines is 1. The molecule has 1 amide bonds. The number of carbonyl (C=O) groups is 1. The van der Waals surface area contributed by atoms with E-state index in [-0.39, 0.29) is 35.6 Å². The number of aromatic nitrogens is 4. The maximum Gasteiger partial charge on any atom is 0.252 e. The molecule has 4 aromatic rings. The zero-order valence-electron chi connectivity index (χ0n) is 25.4. The van der Waals surface area contributed by atoms with Crippen LogP contribution in [-0.4, -0.2) is 81.2 Å². The van der Waals surface area contributed by atoms with E-state index in [2.05, 4.69) is 30.3 Å². The molecular weight excluding hydrogens is 598 g/mol. The highest BCUT2D eigenvalue weighted by atomic mass is 32.2. The fourth-order valence-corrected chi connectivity index (χ4v) is 6.75. The van der Waals surface area contributed by atoms with Gasteiger partial charge in [0.1, 0.15) is 18.0 Å². The summed E-state index contributed by atoms with van der Waals surface area (Å²) in [5, 5.41) is 27.5. The van der Waals surface area contributed by atoms with Crippen molar-refractivity contribution in [3.8, 4) is 0 Å². The molecule has 2 aromatic heterocycles. The number of hydrogen-bond acceptors (Lipinski definition) is 10. The number of sulfonamides is 1. The third kappa shape index (κ3) is 7.48. The number of hydrogen-bond donors (Lipinski definition) is 5. The molecule has 5 N–H and O–H groups in total. The van der Waals surface area contributed by atoms with E-state index in [0.29, 0.717) is 24.4 Å². The molecular formula is C31H39N7O6S. The molecule has 0 saturated carbocycles. The van der Waals surface area contributed by atoms with Crippen molar-refractivity contribution in [2.45, 2.75) is 57.8 Å². The van der Waals surface area contributed by atoms with E-state index in [1.54, 1.807) is 6.92 Å². The zero-order valence-corrected chi connectivity index (χ0v) is 26.2. The van der Waals surface area contributed by atoms with Crippen molar-refractivity contribution >= 4 is 32.9 Å². The summed E-state index contributed by atoms with van der Waals surface area (Å²) in [5.74, 6) is -0.246. The van der Waals surface area contributed by atoms with Crippen LogP contribution in [0, 0.1) is 5.92 Å². The van der Waals surface area contributed by atoms with Crippen LogP contribution in [0.15, 0.2) is 67.0 Å². The lowest BCUT2D eigenvalue weighted by Crippen LogP contribution is -2.42. The summed E-state index contributed by atoms with van der Waals surface area (Å²) in [6, 6.07) is 20.0. The Morgan fingerprint density at radius 2 is 1.64 bits per heavy atom. The molecule has 240 valence electrons. The Balaban J connectivity index is 1.51. The Hall–Kier alpha value is -3.95. The number of benzene rings is 2. The number of likely N-dealkylation sites (N-methyl/N-ethyl adjacent to an activating group) is 1. The van der Waals surface area contributed by atoms with Crippen molar-refractivity contribution < 1.29 is 28.2 Å². The van der Waals surface area contributed by atoms with Crippen LogP contribution < -0.4 is 15.4 Å². The molecule has 0 radical (unpaired) electrons. The molecule has 45 heavy (non-hydrogen) atoms. The minimum absolute atomic E-state index is 0.0551. The predicted octanol–water partition coefficient (Wildman–Crippen LogP) is 1.90. The van der Waals surface area contributed by atoms with Gasteiger partial charge >= 0.3 is 0 Å². The molecule has 5 rings (SSSR count). The largest absolute Gasteiger partial charge is 0.387 e. The second kappa shape index (κ2) is 14.0. The van der Waals surface area contributed by atoms with E-state index in [4.69, 9.17) is 4.74 Å². The number of fused-ring (bicyclic) bond motifs is 1. The van der Waals surface area contributed by atoms with Gasteiger partial charge in [0.15, 0.2) is 29.3 Å². The van der Waals surface area contributed by atoms with E-state index in [9.17, 15) is 23.4 Å². The molecule has 14 heteroatoms. The van der Waals surface area contributed by atoms with Gasteiger partial charge in [-0.15, -0.1) is 0 Å². The molecule has 4 atom stereocenters. The predicted molar refractivity (Wildman–Crippen MR) is 169 cm³/mol. The molecule has 0 aliphatic carbocycles. The van der Waals surface area contributed by atoms with E-state index in [1.807, 2.05) is 74.5 Å². The Bertz CT molecular complexity index is 1660. The number of nitrogens with zero attached hydrogens (tertiary/aromatic N) is 4. The highest BCUT2D eigenvalue weighted by molar-refractivity contribution is 7.89. The Labute approximate surface area is 262 Å². The third-order valence-corrected chi connectivity index (χ3v) is 9.16. The Kier molecular flexibility index (Phi) is 10.1. The van der Waals surface area contributed by atoms with Crippen LogP contribution in [0.25, 0.3) is 11.2 Å². The van der Waals surface area contributed by atoms with Gasteiger partial charge in [0.2, 0.25) is 10.0 Å². The lowest BCUT2D eigenvalue weighted by molar-refractivity contribution is -0.137. The Morgan fingerprint density at radius 1 is 1.00 bits per heavy atom. The molecule has 2 aromatic carbocycles. The van der Waals surface area contributed by atoms with Gasteiger partial charge in [0.05, 0.1) is 18.6 Å². The van der Waals surface area contributed by atoms with Crippen LogP contribution in [0.3, 0.4) is 0 Å². The van der Waals surface area contributed by atoms with Crippen LogP contribution in [0.5, 0.6) is 0 Å². The highest BCUT2D eigenvalue weighted by Crippen LogP contribution is 2.33. The first-order valence-corrected chi connectivity index (χ1v) is 16.6. The average molecular weight is 638 g/mol. The second-order valence-electron chi connectivity index (χ2n) is 11.4. The summed E-state index contributed by atoms with van der Waals surface area (Å²) in [5.41, 5.74) is 2.74.